The Labute approximate surface area is 547 Å². The molecule has 438 valence electrons. The number of pyridine rings is 2. The van der Waals surface area contributed by atoms with E-state index < -0.39 is 5.41 Å². The number of nitrogens with zero attached hydrogens (tertiary/aromatic N) is 5. The van der Waals surface area contributed by atoms with Crippen LogP contribution in [0.15, 0.2) is 298 Å². The Balaban J connectivity index is 0.718. The van der Waals surface area contributed by atoms with Gasteiger partial charge in [-0.1, -0.05) is 202 Å². The van der Waals surface area contributed by atoms with Crippen LogP contribution in [0.2, 0.25) is 0 Å². The monoisotopic (exact) mass is 1210 g/mol. The molecule has 5 nitrogen and oxygen atoms in total. The molecule has 0 radical (unpaired) electrons. The third-order valence-electron chi connectivity index (χ3n) is 21.4. The minimum atomic E-state index is -0.707. The lowest BCUT2D eigenvalue weighted by Crippen LogP contribution is -2.28. The molecule has 2 aliphatic heterocycles. The lowest BCUT2D eigenvalue weighted by atomic mass is 9.67. The van der Waals surface area contributed by atoms with Gasteiger partial charge in [0.1, 0.15) is 5.82 Å². The van der Waals surface area contributed by atoms with Gasteiger partial charge < -0.3 is 9.47 Å². The minimum absolute atomic E-state index is 0.139. The van der Waals surface area contributed by atoms with Crippen molar-refractivity contribution in [1.29, 1.82) is 0 Å². The van der Waals surface area contributed by atoms with Crippen LogP contribution in [0.25, 0.3) is 125 Å². The highest BCUT2D eigenvalue weighted by molar-refractivity contribution is 7.25. The molecule has 0 amide bonds. The van der Waals surface area contributed by atoms with E-state index in [-0.39, 0.29) is 5.41 Å². The number of hydrogen-bond acceptors (Lipinski definition) is 5. The third kappa shape index (κ3) is 6.76. The van der Waals surface area contributed by atoms with Crippen molar-refractivity contribution in [3.8, 4) is 61.5 Å². The normalized spacial score (nSPS) is 15.2. The number of hydrogen-bond donors (Lipinski definition) is 0. The van der Waals surface area contributed by atoms with Crippen LogP contribution in [0.1, 0.15) is 47.2 Å². The van der Waals surface area contributed by atoms with Gasteiger partial charge in [-0.05, 0) is 169 Å². The van der Waals surface area contributed by atoms with Crippen LogP contribution >= 0.6 is 11.3 Å². The van der Waals surface area contributed by atoms with Crippen LogP contribution in [0, 0.1) is 0 Å². The molecule has 4 aromatic heterocycles. The molecule has 21 rings (SSSR count). The van der Waals surface area contributed by atoms with Gasteiger partial charge in [0, 0.05) is 93.2 Å². The highest BCUT2D eigenvalue weighted by atomic mass is 32.1. The summed E-state index contributed by atoms with van der Waals surface area (Å²) < 4.78 is 5.08. The Morgan fingerprint density at radius 3 is 1.77 bits per heavy atom. The van der Waals surface area contributed by atoms with E-state index in [1.807, 2.05) is 23.7 Å². The predicted molar refractivity (Wildman–Crippen MR) is 392 cm³/mol. The Morgan fingerprint density at radius 2 is 0.926 bits per heavy atom. The van der Waals surface area contributed by atoms with Crippen LogP contribution in [0.3, 0.4) is 0 Å². The van der Waals surface area contributed by atoms with Gasteiger partial charge in [-0.15, -0.1) is 11.3 Å². The molecule has 0 bridgehead atoms. The van der Waals surface area contributed by atoms with Crippen LogP contribution in [0.4, 0.5) is 34.3 Å². The topological polar surface area (TPSA) is 37.2 Å². The van der Waals surface area contributed by atoms with Crippen LogP contribution in [-0.2, 0) is 10.8 Å². The number of para-hydroxylation sites is 4. The van der Waals surface area contributed by atoms with E-state index in [9.17, 15) is 0 Å². The Kier molecular flexibility index (Phi) is 10.5. The number of thiophene rings is 1. The van der Waals surface area contributed by atoms with Crippen molar-refractivity contribution in [2.45, 2.75) is 24.7 Å². The maximum atomic E-state index is 5.39. The van der Waals surface area contributed by atoms with Gasteiger partial charge in [0.15, 0.2) is 0 Å². The molecule has 94 heavy (non-hydrogen) atoms. The first kappa shape index (κ1) is 52.0. The van der Waals surface area contributed by atoms with E-state index in [2.05, 4.69) is 313 Å². The molecule has 0 saturated heterocycles. The average Bonchev–Trinajstić information content (AvgIpc) is 1.52. The molecule has 0 fully saturated rings. The predicted octanol–water partition coefficient (Wildman–Crippen LogP) is 23.5. The fourth-order valence-corrected chi connectivity index (χ4v) is 18.5. The van der Waals surface area contributed by atoms with E-state index in [1.54, 1.807) is 0 Å². The summed E-state index contributed by atoms with van der Waals surface area (Å²) in [6, 6.07) is 107. The SMILES string of the molecule is CC1(C)c2ccccc2-c2c1cc1c3c(nccc23)N(c2ccc3c(c2)c2ccccc2n3-c2ccccc2-c2ccc(C3(c4ccccc4)c4cccnc4-c4c3cc3c5c(cccc45)N(c4ccc5sc6ccccc6c5c4)c4ccccc4-3)cc2)c2ccccc2-1. The van der Waals surface area contributed by atoms with Gasteiger partial charge in [0.2, 0.25) is 0 Å². The Hall–Kier alpha value is -11.7. The summed E-state index contributed by atoms with van der Waals surface area (Å²) in [5.41, 5.74) is 27.8. The summed E-state index contributed by atoms with van der Waals surface area (Å²) in [5, 5.41) is 9.82. The molecule has 4 aliphatic rings. The highest BCUT2D eigenvalue weighted by Crippen LogP contribution is 2.63. The first-order valence-electron chi connectivity index (χ1n) is 32.5. The van der Waals surface area contributed by atoms with Crippen molar-refractivity contribution < 1.29 is 0 Å². The average molecular weight is 1210 g/mol. The second kappa shape index (κ2) is 19.0. The standard InChI is InChI=1S/C88H55N5S/c1-87(2)69-29-12-6-27-62(69)81-64-45-47-90-86-83(64)68(50-71(81)87)60-25-10-15-33-75(60)92(86)56-41-43-77-65(48-56)58-23-8-16-34-76(58)93(77)73-31-13-7-22-57(73)52-37-39-54(40-38-52)88(53-20-4-3-5-21-53)70-30-19-46-89-85(70)84-63-28-18-35-78-82(63)67(51-72(84)88)59-24-9-14-32-74(59)91(78)55-42-44-80-66(49-55)61-26-11-17-36-79(61)94-80/h3-51H,1-2H3. The fraction of sp³-hybridized carbons (Fsp3) is 0.0455. The number of rotatable bonds is 6. The van der Waals surface area contributed by atoms with E-state index >= 15 is 0 Å². The van der Waals surface area contributed by atoms with E-state index in [1.165, 1.54) is 136 Å². The van der Waals surface area contributed by atoms with Gasteiger partial charge in [-0.3, -0.25) is 9.88 Å². The maximum absolute atomic E-state index is 5.39. The highest BCUT2D eigenvalue weighted by Gasteiger charge is 2.49. The van der Waals surface area contributed by atoms with Gasteiger partial charge in [0.05, 0.1) is 44.9 Å². The molecule has 6 heteroatoms. The summed E-state index contributed by atoms with van der Waals surface area (Å²) >= 11 is 1.86. The zero-order chi connectivity index (χ0) is 61.7. The largest absolute Gasteiger partial charge is 0.309 e. The zero-order valence-electron chi connectivity index (χ0n) is 51.4. The van der Waals surface area contributed by atoms with Crippen molar-refractivity contribution in [3.05, 3.63) is 331 Å². The Morgan fingerprint density at radius 1 is 0.330 bits per heavy atom. The first-order chi connectivity index (χ1) is 46.4. The van der Waals surface area contributed by atoms with Crippen molar-refractivity contribution in [2.24, 2.45) is 0 Å². The van der Waals surface area contributed by atoms with Crippen LogP contribution < -0.4 is 9.80 Å². The summed E-state index contributed by atoms with van der Waals surface area (Å²) in [6.45, 7) is 4.75. The van der Waals surface area contributed by atoms with Crippen LogP contribution in [-0.4, -0.2) is 14.5 Å². The summed E-state index contributed by atoms with van der Waals surface area (Å²) in [6.07, 6.45) is 3.99. The van der Waals surface area contributed by atoms with Crippen molar-refractivity contribution in [3.63, 3.8) is 0 Å². The quantitative estimate of drug-likeness (QED) is 0.166. The summed E-state index contributed by atoms with van der Waals surface area (Å²) in [7, 11) is 0. The van der Waals surface area contributed by atoms with Gasteiger partial charge in [-0.2, -0.15) is 0 Å². The molecule has 17 aromatic rings. The van der Waals surface area contributed by atoms with Crippen molar-refractivity contribution in [1.82, 2.24) is 14.5 Å². The first-order valence-corrected chi connectivity index (χ1v) is 33.3. The lowest BCUT2D eigenvalue weighted by Gasteiger charge is -2.36. The summed E-state index contributed by atoms with van der Waals surface area (Å²) in [5.74, 6) is 0.953. The molecule has 6 heterocycles. The number of aromatic nitrogens is 3. The molecule has 0 spiro atoms. The van der Waals surface area contributed by atoms with Gasteiger partial charge >= 0.3 is 0 Å². The van der Waals surface area contributed by atoms with Crippen LogP contribution in [0.5, 0.6) is 0 Å². The second-order valence-corrected chi connectivity index (χ2v) is 27.4. The maximum Gasteiger partial charge on any atom is 0.146 e. The van der Waals surface area contributed by atoms with Gasteiger partial charge in [-0.25, -0.2) is 4.98 Å². The second-order valence-electron chi connectivity index (χ2n) is 26.3. The molecule has 1 unspecified atom stereocenters. The smallest absolute Gasteiger partial charge is 0.146 e. The fourth-order valence-electron chi connectivity index (χ4n) is 17.5. The number of benzene rings is 13. The van der Waals surface area contributed by atoms with E-state index in [4.69, 9.17) is 9.97 Å². The molecule has 2 aliphatic carbocycles. The minimum Gasteiger partial charge on any atom is -0.309 e. The van der Waals surface area contributed by atoms with Crippen molar-refractivity contribution >= 4 is 109 Å². The molecule has 0 N–H and O–H groups in total. The zero-order valence-corrected chi connectivity index (χ0v) is 52.3. The third-order valence-corrected chi connectivity index (χ3v) is 22.6. The lowest BCUT2D eigenvalue weighted by molar-refractivity contribution is 0.661. The molecule has 13 aromatic carbocycles. The van der Waals surface area contributed by atoms with E-state index in [0.29, 0.717) is 0 Å². The summed E-state index contributed by atoms with van der Waals surface area (Å²) in [4.78, 5) is 15.6. The molecular formula is C88H55N5S. The number of fused-ring (bicyclic) bond motifs is 18. The molecule has 1 atom stereocenters. The number of anilines is 6. The van der Waals surface area contributed by atoms with Crippen molar-refractivity contribution in [2.75, 3.05) is 9.80 Å². The Bertz CT molecular complexity index is 6170. The van der Waals surface area contributed by atoms with E-state index in [0.717, 1.165) is 56.4 Å². The molecular weight excluding hydrogens is 1160 g/mol. The van der Waals surface area contributed by atoms with Gasteiger partial charge in [0.25, 0.3) is 0 Å². The molecule has 0 saturated carbocycles.